The van der Waals surface area contributed by atoms with Gasteiger partial charge in [-0.25, -0.2) is 0 Å². The number of carbonyl (C=O) groups excluding carboxylic acids is 1. The third kappa shape index (κ3) is 6.60. The lowest BCUT2D eigenvalue weighted by Crippen LogP contribution is -2.31. The van der Waals surface area contributed by atoms with Crippen LogP contribution in [0.1, 0.15) is 31.9 Å². The molecule has 1 unspecified atom stereocenters. The summed E-state index contributed by atoms with van der Waals surface area (Å²) in [6, 6.07) is 8.24. The molecule has 0 saturated heterocycles. The molecule has 1 rings (SSSR count). The molecule has 21 heavy (non-hydrogen) atoms. The maximum absolute atomic E-state index is 11.5. The fourth-order valence-corrected chi connectivity index (χ4v) is 2.03. The van der Waals surface area contributed by atoms with E-state index in [0.29, 0.717) is 24.9 Å². The van der Waals surface area contributed by atoms with Gasteiger partial charge in [0.15, 0.2) is 6.61 Å². The number of hydrogen-bond donors (Lipinski definition) is 2. The molecule has 0 saturated carbocycles. The van der Waals surface area contributed by atoms with Crippen LogP contribution in [0.5, 0.6) is 5.75 Å². The maximum atomic E-state index is 11.5. The molecule has 0 radical (unpaired) electrons. The number of nitrogens with one attached hydrogen (secondary N) is 2. The second-order valence-corrected chi connectivity index (χ2v) is 4.72. The average molecular weight is 294 g/mol. The lowest BCUT2D eigenvalue weighted by molar-refractivity contribution is -0.123. The molecule has 1 amide bonds. The molecular formula is C16H26N2O3. The van der Waals surface area contributed by atoms with Crippen molar-refractivity contribution >= 4 is 5.91 Å². The third-order valence-electron chi connectivity index (χ3n) is 3.14. The Morgan fingerprint density at radius 2 is 1.95 bits per heavy atom. The van der Waals surface area contributed by atoms with Gasteiger partial charge in [0.25, 0.3) is 5.91 Å². The van der Waals surface area contributed by atoms with Crippen LogP contribution in [0, 0.1) is 0 Å². The number of amides is 1. The monoisotopic (exact) mass is 294 g/mol. The van der Waals surface area contributed by atoms with E-state index in [1.165, 1.54) is 5.56 Å². The third-order valence-corrected chi connectivity index (χ3v) is 3.14. The number of benzene rings is 1. The first-order valence-corrected chi connectivity index (χ1v) is 7.43. The van der Waals surface area contributed by atoms with E-state index >= 15 is 0 Å². The van der Waals surface area contributed by atoms with Gasteiger partial charge in [-0.2, -0.15) is 0 Å². The van der Waals surface area contributed by atoms with Gasteiger partial charge in [0.2, 0.25) is 0 Å². The SMILES string of the molecule is CCNC(CC)c1ccc(OCC(=O)NCCOC)cc1. The predicted octanol–water partition coefficient (Wildman–Crippen LogP) is 1.89. The van der Waals surface area contributed by atoms with Gasteiger partial charge in [-0.15, -0.1) is 0 Å². The Morgan fingerprint density at radius 3 is 2.52 bits per heavy atom. The molecule has 5 nitrogen and oxygen atoms in total. The van der Waals surface area contributed by atoms with E-state index in [1.807, 2.05) is 24.3 Å². The Hall–Kier alpha value is -1.59. The van der Waals surface area contributed by atoms with Crippen molar-refractivity contribution < 1.29 is 14.3 Å². The zero-order valence-corrected chi connectivity index (χ0v) is 13.1. The van der Waals surface area contributed by atoms with Crippen LogP contribution in [-0.4, -0.2) is 39.3 Å². The summed E-state index contributed by atoms with van der Waals surface area (Å²) in [4.78, 5) is 11.5. The minimum Gasteiger partial charge on any atom is -0.484 e. The van der Waals surface area contributed by atoms with Crippen molar-refractivity contribution in [3.63, 3.8) is 0 Å². The van der Waals surface area contributed by atoms with Crippen molar-refractivity contribution in [1.82, 2.24) is 10.6 Å². The molecule has 1 aromatic rings. The van der Waals surface area contributed by atoms with Crippen molar-refractivity contribution in [2.45, 2.75) is 26.3 Å². The molecule has 118 valence electrons. The summed E-state index contributed by atoms with van der Waals surface area (Å²) in [5, 5.41) is 6.14. The normalized spacial score (nSPS) is 12.0. The first kappa shape index (κ1) is 17.5. The molecule has 0 heterocycles. The van der Waals surface area contributed by atoms with E-state index in [-0.39, 0.29) is 12.5 Å². The molecule has 1 atom stereocenters. The Kier molecular flexibility index (Phi) is 8.47. The van der Waals surface area contributed by atoms with Gasteiger partial charge in [-0.05, 0) is 30.7 Å². The highest BCUT2D eigenvalue weighted by Crippen LogP contribution is 2.20. The van der Waals surface area contributed by atoms with E-state index < -0.39 is 0 Å². The Bertz CT molecular complexity index is 406. The summed E-state index contributed by atoms with van der Waals surface area (Å²) in [6.45, 7) is 6.22. The summed E-state index contributed by atoms with van der Waals surface area (Å²) in [5.74, 6) is 0.558. The minimum atomic E-state index is -0.143. The maximum Gasteiger partial charge on any atom is 0.258 e. The molecule has 0 spiro atoms. The quantitative estimate of drug-likeness (QED) is 0.647. The van der Waals surface area contributed by atoms with Gasteiger partial charge in [0, 0.05) is 19.7 Å². The van der Waals surface area contributed by atoms with Gasteiger partial charge >= 0.3 is 0 Å². The molecule has 0 aromatic heterocycles. The summed E-state index contributed by atoms with van der Waals surface area (Å²) in [5.41, 5.74) is 1.23. The van der Waals surface area contributed by atoms with Crippen LogP contribution >= 0.6 is 0 Å². The minimum absolute atomic E-state index is 0.0213. The molecular weight excluding hydrogens is 268 g/mol. The lowest BCUT2D eigenvalue weighted by Gasteiger charge is -2.16. The first-order chi connectivity index (χ1) is 10.2. The van der Waals surface area contributed by atoms with Crippen molar-refractivity contribution in [2.24, 2.45) is 0 Å². The highest BCUT2D eigenvalue weighted by molar-refractivity contribution is 5.77. The topological polar surface area (TPSA) is 59.6 Å². The second kappa shape index (κ2) is 10.2. The van der Waals surface area contributed by atoms with Crippen LogP contribution in [0.4, 0.5) is 0 Å². The van der Waals surface area contributed by atoms with Crippen molar-refractivity contribution in [1.29, 1.82) is 0 Å². The number of rotatable bonds is 10. The second-order valence-electron chi connectivity index (χ2n) is 4.72. The van der Waals surface area contributed by atoms with Crippen LogP contribution in [0.3, 0.4) is 0 Å². The largest absolute Gasteiger partial charge is 0.484 e. The average Bonchev–Trinajstić information content (AvgIpc) is 2.51. The predicted molar refractivity (Wildman–Crippen MR) is 83.5 cm³/mol. The molecule has 0 aliphatic rings. The van der Waals surface area contributed by atoms with Crippen LogP contribution in [0.25, 0.3) is 0 Å². The van der Waals surface area contributed by atoms with Crippen LogP contribution in [0.15, 0.2) is 24.3 Å². The highest BCUT2D eigenvalue weighted by Gasteiger charge is 2.08. The van der Waals surface area contributed by atoms with Gasteiger partial charge in [-0.1, -0.05) is 26.0 Å². The Morgan fingerprint density at radius 1 is 1.24 bits per heavy atom. The Balaban J connectivity index is 2.42. The van der Waals surface area contributed by atoms with Crippen molar-refractivity contribution in [2.75, 3.05) is 33.4 Å². The molecule has 1 aromatic carbocycles. The fraction of sp³-hybridized carbons (Fsp3) is 0.562. The van der Waals surface area contributed by atoms with Gasteiger partial charge in [0.05, 0.1) is 6.61 Å². The lowest BCUT2D eigenvalue weighted by atomic mass is 10.0. The summed E-state index contributed by atoms with van der Waals surface area (Å²) in [6.07, 6.45) is 1.04. The standard InChI is InChI=1S/C16H26N2O3/c1-4-15(17-5-2)13-6-8-14(9-7-13)21-12-16(19)18-10-11-20-3/h6-9,15,17H,4-5,10-12H2,1-3H3,(H,18,19). The highest BCUT2D eigenvalue weighted by atomic mass is 16.5. The molecule has 0 fully saturated rings. The van der Waals surface area contributed by atoms with E-state index in [1.54, 1.807) is 7.11 Å². The number of carbonyl (C=O) groups is 1. The number of methoxy groups -OCH3 is 1. The van der Waals surface area contributed by atoms with E-state index in [4.69, 9.17) is 9.47 Å². The van der Waals surface area contributed by atoms with E-state index in [2.05, 4.69) is 24.5 Å². The van der Waals surface area contributed by atoms with Gasteiger partial charge in [-0.3, -0.25) is 4.79 Å². The zero-order chi connectivity index (χ0) is 15.5. The summed E-state index contributed by atoms with van der Waals surface area (Å²) < 4.78 is 10.3. The molecule has 2 N–H and O–H groups in total. The van der Waals surface area contributed by atoms with E-state index in [9.17, 15) is 4.79 Å². The molecule has 0 bridgehead atoms. The Labute approximate surface area is 127 Å². The number of ether oxygens (including phenoxy) is 2. The molecule has 0 aliphatic carbocycles. The van der Waals surface area contributed by atoms with Crippen LogP contribution < -0.4 is 15.4 Å². The first-order valence-electron chi connectivity index (χ1n) is 7.43. The summed E-state index contributed by atoms with van der Waals surface area (Å²) in [7, 11) is 1.60. The smallest absolute Gasteiger partial charge is 0.258 e. The van der Waals surface area contributed by atoms with Crippen LogP contribution in [0.2, 0.25) is 0 Å². The van der Waals surface area contributed by atoms with E-state index in [0.717, 1.165) is 13.0 Å². The number of hydrogen-bond acceptors (Lipinski definition) is 4. The fourth-order valence-electron chi connectivity index (χ4n) is 2.03. The van der Waals surface area contributed by atoms with Gasteiger partial charge in [0.1, 0.15) is 5.75 Å². The van der Waals surface area contributed by atoms with Crippen molar-refractivity contribution in [3.05, 3.63) is 29.8 Å². The van der Waals surface area contributed by atoms with Gasteiger partial charge < -0.3 is 20.1 Å². The zero-order valence-electron chi connectivity index (χ0n) is 13.1. The molecule has 5 heteroatoms. The summed E-state index contributed by atoms with van der Waals surface area (Å²) >= 11 is 0. The molecule has 0 aliphatic heterocycles. The van der Waals surface area contributed by atoms with Crippen LogP contribution in [-0.2, 0) is 9.53 Å². The van der Waals surface area contributed by atoms with Crippen molar-refractivity contribution in [3.8, 4) is 5.75 Å².